The SMILES string of the molecule is CC#Cc1cn(CC(=O)O)c(=O)[nH]c1=O. The highest BCUT2D eigenvalue weighted by molar-refractivity contribution is 5.66. The Balaban J connectivity index is 3.34. The molecule has 78 valence electrons. The molecule has 1 aromatic rings. The summed E-state index contributed by atoms with van der Waals surface area (Å²) in [5.41, 5.74) is -1.31. The highest BCUT2D eigenvalue weighted by atomic mass is 16.4. The molecule has 0 saturated carbocycles. The van der Waals surface area contributed by atoms with Crippen LogP contribution in [0, 0.1) is 11.8 Å². The van der Waals surface area contributed by atoms with Crippen LogP contribution < -0.4 is 11.2 Å². The molecule has 0 aromatic carbocycles. The van der Waals surface area contributed by atoms with E-state index in [4.69, 9.17) is 5.11 Å². The Morgan fingerprint density at radius 3 is 2.80 bits per heavy atom. The van der Waals surface area contributed by atoms with Gasteiger partial charge in [0, 0.05) is 6.20 Å². The lowest BCUT2D eigenvalue weighted by Gasteiger charge is -2.00. The van der Waals surface area contributed by atoms with Crippen LogP contribution in [-0.2, 0) is 11.3 Å². The summed E-state index contributed by atoms with van der Waals surface area (Å²) in [5.74, 6) is 3.80. The molecule has 1 rings (SSSR count). The number of nitrogens with one attached hydrogen (secondary N) is 1. The number of hydrogen-bond donors (Lipinski definition) is 2. The molecule has 1 aromatic heterocycles. The first-order valence-electron chi connectivity index (χ1n) is 4.03. The van der Waals surface area contributed by atoms with Gasteiger partial charge in [0.05, 0.1) is 0 Å². The molecule has 0 fully saturated rings. The zero-order chi connectivity index (χ0) is 11.4. The first kappa shape index (κ1) is 10.8. The van der Waals surface area contributed by atoms with Gasteiger partial charge in [0.2, 0.25) is 0 Å². The van der Waals surface area contributed by atoms with Gasteiger partial charge >= 0.3 is 11.7 Å². The third kappa shape index (κ3) is 2.57. The van der Waals surface area contributed by atoms with Crippen LogP contribution in [0.2, 0.25) is 0 Å². The standard InChI is InChI=1S/C9H8N2O4/c1-2-3-6-4-11(5-7(12)13)9(15)10-8(6)14/h4H,5H2,1H3,(H,12,13)(H,10,14,15). The van der Waals surface area contributed by atoms with Crippen molar-refractivity contribution in [2.45, 2.75) is 13.5 Å². The van der Waals surface area contributed by atoms with E-state index in [2.05, 4.69) is 11.8 Å². The number of H-pyrrole nitrogens is 1. The highest BCUT2D eigenvalue weighted by Gasteiger charge is 2.05. The Morgan fingerprint density at radius 2 is 2.27 bits per heavy atom. The molecule has 0 radical (unpaired) electrons. The van der Waals surface area contributed by atoms with Crippen LogP contribution >= 0.6 is 0 Å². The fraction of sp³-hybridized carbons (Fsp3) is 0.222. The Labute approximate surface area is 84.2 Å². The van der Waals surface area contributed by atoms with Gasteiger partial charge in [-0.05, 0) is 6.92 Å². The number of aromatic amines is 1. The lowest BCUT2D eigenvalue weighted by atomic mass is 10.3. The van der Waals surface area contributed by atoms with Crippen LogP contribution in [-0.4, -0.2) is 20.6 Å². The summed E-state index contributed by atoms with van der Waals surface area (Å²) >= 11 is 0. The maximum atomic E-state index is 11.1. The third-order valence-corrected chi connectivity index (χ3v) is 1.58. The normalized spacial score (nSPS) is 9.13. The van der Waals surface area contributed by atoms with Gasteiger partial charge in [-0.2, -0.15) is 0 Å². The molecule has 0 unspecified atom stereocenters. The number of aliphatic carboxylic acids is 1. The lowest BCUT2D eigenvalue weighted by molar-refractivity contribution is -0.137. The smallest absolute Gasteiger partial charge is 0.328 e. The molecule has 2 N–H and O–H groups in total. The van der Waals surface area contributed by atoms with Gasteiger partial charge in [0.25, 0.3) is 5.56 Å². The van der Waals surface area contributed by atoms with Crippen molar-refractivity contribution >= 4 is 5.97 Å². The number of nitrogens with zero attached hydrogens (tertiary/aromatic N) is 1. The number of carbonyl (C=O) groups is 1. The second-order valence-electron chi connectivity index (χ2n) is 2.70. The summed E-state index contributed by atoms with van der Waals surface area (Å²) in [6, 6.07) is 0. The minimum atomic E-state index is -1.17. The molecule has 0 aliphatic rings. The van der Waals surface area contributed by atoms with E-state index in [1.165, 1.54) is 6.92 Å². The monoisotopic (exact) mass is 208 g/mol. The fourth-order valence-corrected chi connectivity index (χ4v) is 0.996. The van der Waals surface area contributed by atoms with E-state index in [9.17, 15) is 14.4 Å². The van der Waals surface area contributed by atoms with E-state index < -0.39 is 23.8 Å². The lowest BCUT2D eigenvalue weighted by Crippen LogP contribution is -2.32. The van der Waals surface area contributed by atoms with Crippen molar-refractivity contribution in [1.29, 1.82) is 0 Å². The van der Waals surface area contributed by atoms with Crippen molar-refractivity contribution < 1.29 is 9.90 Å². The van der Waals surface area contributed by atoms with Gasteiger partial charge in [0.1, 0.15) is 12.1 Å². The molecule has 0 amide bonds. The van der Waals surface area contributed by atoms with Gasteiger partial charge in [-0.1, -0.05) is 5.92 Å². The molecule has 0 spiro atoms. The fourth-order valence-electron chi connectivity index (χ4n) is 0.996. The van der Waals surface area contributed by atoms with E-state index >= 15 is 0 Å². The largest absolute Gasteiger partial charge is 0.480 e. The molecule has 0 saturated heterocycles. The third-order valence-electron chi connectivity index (χ3n) is 1.58. The quantitative estimate of drug-likeness (QED) is 0.609. The highest BCUT2D eigenvalue weighted by Crippen LogP contribution is 1.85. The molecule has 1 heterocycles. The topological polar surface area (TPSA) is 92.2 Å². The molecule has 0 aliphatic carbocycles. The van der Waals surface area contributed by atoms with Gasteiger partial charge in [0.15, 0.2) is 0 Å². The number of aromatic nitrogens is 2. The molecular formula is C9H8N2O4. The van der Waals surface area contributed by atoms with Crippen LogP contribution in [0.15, 0.2) is 15.8 Å². The predicted octanol–water partition coefficient (Wildman–Crippen LogP) is -1.01. The Morgan fingerprint density at radius 1 is 1.60 bits per heavy atom. The van der Waals surface area contributed by atoms with Crippen LogP contribution in [0.1, 0.15) is 12.5 Å². The zero-order valence-electron chi connectivity index (χ0n) is 7.90. The summed E-state index contributed by atoms with van der Waals surface area (Å²) in [7, 11) is 0. The van der Waals surface area contributed by atoms with Gasteiger partial charge < -0.3 is 5.11 Å². The maximum absolute atomic E-state index is 11.1. The first-order chi connectivity index (χ1) is 7.04. The van der Waals surface area contributed by atoms with Crippen LogP contribution in [0.25, 0.3) is 0 Å². The summed E-state index contributed by atoms with van der Waals surface area (Å²) in [4.78, 5) is 34.6. The molecule has 0 aliphatic heterocycles. The van der Waals surface area contributed by atoms with Crippen LogP contribution in [0.5, 0.6) is 0 Å². The van der Waals surface area contributed by atoms with Crippen molar-refractivity contribution in [2.75, 3.05) is 0 Å². The Hall–Kier alpha value is -2.29. The average Bonchev–Trinajstić information content (AvgIpc) is 2.12. The van der Waals surface area contributed by atoms with Gasteiger partial charge in [-0.3, -0.25) is 19.1 Å². The molecule has 6 heteroatoms. The summed E-state index contributed by atoms with van der Waals surface area (Å²) in [6.07, 6.45) is 1.13. The van der Waals surface area contributed by atoms with Crippen molar-refractivity contribution in [1.82, 2.24) is 9.55 Å². The Kier molecular flexibility index (Phi) is 3.08. The van der Waals surface area contributed by atoms with Crippen molar-refractivity contribution in [3.05, 3.63) is 32.6 Å². The van der Waals surface area contributed by atoms with Crippen molar-refractivity contribution in [3.63, 3.8) is 0 Å². The molecule has 0 atom stereocenters. The molecule has 15 heavy (non-hydrogen) atoms. The van der Waals surface area contributed by atoms with Crippen LogP contribution in [0.4, 0.5) is 0 Å². The number of carboxylic acid groups (broad SMARTS) is 1. The molecule has 0 bridgehead atoms. The summed E-state index contributed by atoms with van der Waals surface area (Å²) in [5, 5.41) is 8.49. The van der Waals surface area contributed by atoms with Crippen molar-refractivity contribution in [3.8, 4) is 11.8 Å². The number of rotatable bonds is 2. The molecule has 6 nitrogen and oxygen atoms in total. The van der Waals surface area contributed by atoms with E-state index in [0.29, 0.717) is 0 Å². The minimum Gasteiger partial charge on any atom is -0.480 e. The maximum Gasteiger partial charge on any atom is 0.328 e. The second kappa shape index (κ2) is 4.28. The van der Waals surface area contributed by atoms with E-state index in [1.54, 1.807) is 0 Å². The predicted molar refractivity (Wildman–Crippen MR) is 51.5 cm³/mol. The Bertz CT molecular complexity index is 556. The van der Waals surface area contributed by atoms with Gasteiger partial charge in [-0.25, -0.2) is 4.79 Å². The minimum absolute atomic E-state index is 0.0679. The van der Waals surface area contributed by atoms with E-state index in [-0.39, 0.29) is 5.56 Å². The molecular weight excluding hydrogens is 200 g/mol. The number of carboxylic acids is 1. The second-order valence-corrected chi connectivity index (χ2v) is 2.70. The summed E-state index contributed by atoms with van der Waals surface area (Å²) in [6.45, 7) is 1.03. The number of hydrogen-bond acceptors (Lipinski definition) is 3. The average molecular weight is 208 g/mol. The van der Waals surface area contributed by atoms with Crippen LogP contribution in [0.3, 0.4) is 0 Å². The van der Waals surface area contributed by atoms with E-state index in [1.807, 2.05) is 4.98 Å². The van der Waals surface area contributed by atoms with E-state index in [0.717, 1.165) is 10.8 Å². The first-order valence-corrected chi connectivity index (χ1v) is 4.03. The summed E-state index contributed by atoms with van der Waals surface area (Å²) < 4.78 is 0.878. The van der Waals surface area contributed by atoms with Crippen molar-refractivity contribution in [2.24, 2.45) is 0 Å². The zero-order valence-corrected chi connectivity index (χ0v) is 7.90. The van der Waals surface area contributed by atoms with Gasteiger partial charge in [-0.15, -0.1) is 5.92 Å².